The largest absolute Gasteiger partial charge is 0.325 e. The van der Waals surface area contributed by atoms with Crippen LogP contribution in [-0.2, 0) is 4.79 Å². The van der Waals surface area contributed by atoms with Gasteiger partial charge in [0.15, 0.2) is 6.54 Å². The van der Waals surface area contributed by atoms with Crippen molar-refractivity contribution >= 4 is 11.6 Å². The van der Waals surface area contributed by atoms with Crippen LogP contribution in [0.2, 0.25) is 0 Å². The van der Waals surface area contributed by atoms with Gasteiger partial charge in [-0.2, -0.15) is 0 Å². The monoisotopic (exact) mass is 289 g/mol. The van der Waals surface area contributed by atoms with Gasteiger partial charge in [-0.1, -0.05) is 32.0 Å². The van der Waals surface area contributed by atoms with Crippen molar-refractivity contribution in [3.05, 3.63) is 29.3 Å². The second-order valence-electron chi connectivity index (χ2n) is 6.72. The number of piperidine rings is 1. The number of hydrogen-bond acceptors (Lipinski definition) is 1. The molecule has 116 valence electrons. The van der Waals surface area contributed by atoms with Crippen molar-refractivity contribution in [3.8, 4) is 0 Å². The number of quaternary nitrogens is 1. The van der Waals surface area contributed by atoms with Gasteiger partial charge in [-0.15, -0.1) is 0 Å². The molecule has 0 saturated carbocycles. The number of para-hydroxylation sites is 1. The van der Waals surface area contributed by atoms with E-state index in [1.807, 2.05) is 0 Å². The fraction of sp³-hybridized carbons (Fsp3) is 0.611. The molecule has 21 heavy (non-hydrogen) atoms. The van der Waals surface area contributed by atoms with Crippen molar-refractivity contribution in [3.63, 3.8) is 0 Å². The zero-order valence-electron chi connectivity index (χ0n) is 13.8. The molecule has 0 aliphatic carbocycles. The highest BCUT2D eigenvalue weighted by Gasteiger charge is 2.24. The van der Waals surface area contributed by atoms with Gasteiger partial charge < -0.3 is 10.2 Å². The van der Waals surface area contributed by atoms with Crippen LogP contribution < -0.4 is 10.2 Å². The van der Waals surface area contributed by atoms with Gasteiger partial charge in [0, 0.05) is 5.69 Å². The molecule has 1 aromatic carbocycles. The van der Waals surface area contributed by atoms with E-state index in [-0.39, 0.29) is 5.91 Å². The van der Waals surface area contributed by atoms with Crippen LogP contribution in [0.25, 0.3) is 0 Å². The van der Waals surface area contributed by atoms with E-state index in [4.69, 9.17) is 0 Å². The highest BCUT2D eigenvalue weighted by Crippen LogP contribution is 2.27. The summed E-state index contributed by atoms with van der Waals surface area (Å²) in [5.74, 6) is 0.566. The molecule has 0 spiro atoms. The number of benzene rings is 1. The van der Waals surface area contributed by atoms with Gasteiger partial charge in [0.25, 0.3) is 5.91 Å². The molecule has 1 aromatic rings. The molecule has 2 atom stereocenters. The van der Waals surface area contributed by atoms with Crippen molar-refractivity contribution in [1.29, 1.82) is 0 Å². The minimum absolute atomic E-state index is 0.148. The van der Waals surface area contributed by atoms with Crippen LogP contribution in [0.1, 0.15) is 57.1 Å². The van der Waals surface area contributed by atoms with Crippen molar-refractivity contribution in [2.24, 2.45) is 0 Å². The van der Waals surface area contributed by atoms with Gasteiger partial charge in [-0.05, 0) is 50.2 Å². The van der Waals surface area contributed by atoms with Crippen LogP contribution in [0, 0.1) is 6.92 Å². The Morgan fingerprint density at radius 2 is 2.14 bits per heavy atom. The molecule has 3 nitrogen and oxygen atoms in total. The fourth-order valence-electron chi connectivity index (χ4n) is 3.25. The Balaban J connectivity index is 2.06. The molecular weight excluding hydrogens is 260 g/mol. The number of carbonyl (C=O) groups excluding carboxylic acids is 1. The molecule has 1 saturated heterocycles. The lowest BCUT2D eigenvalue weighted by molar-refractivity contribution is -0.920. The van der Waals surface area contributed by atoms with E-state index in [1.165, 1.54) is 29.7 Å². The molecule has 1 fully saturated rings. The third kappa shape index (κ3) is 4.07. The lowest BCUT2D eigenvalue weighted by Gasteiger charge is -2.29. The van der Waals surface area contributed by atoms with E-state index in [0.717, 1.165) is 17.8 Å². The first-order valence-corrected chi connectivity index (χ1v) is 8.23. The Bertz CT molecular complexity index is 496. The summed E-state index contributed by atoms with van der Waals surface area (Å²) in [6.07, 6.45) is 3.79. The number of nitrogens with one attached hydrogen (secondary N) is 2. The summed E-state index contributed by atoms with van der Waals surface area (Å²) in [7, 11) is 0. The Morgan fingerprint density at radius 1 is 1.38 bits per heavy atom. The van der Waals surface area contributed by atoms with Crippen molar-refractivity contribution < 1.29 is 9.69 Å². The second kappa shape index (κ2) is 7.08. The predicted octanol–water partition coefficient (Wildman–Crippen LogP) is 2.51. The number of anilines is 1. The van der Waals surface area contributed by atoms with Crippen LogP contribution >= 0.6 is 0 Å². The van der Waals surface area contributed by atoms with Gasteiger partial charge in [-0.3, -0.25) is 4.79 Å². The molecule has 2 rings (SSSR count). The summed E-state index contributed by atoms with van der Waals surface area (Å²) >= 11 is 0. The zero-order chi connectivity index (χ0) is 15.4. The lowest BCUT2D eigenvalue weighted by Crippen LogP contribution is -3.17. The molecule has 0 aromatic heterocycles. The summed E-state index contributed by atoms with van der Waals surface area (Å²) < 4.78 is 0. The quantitative estimate of drug-likeness (QED) is 0.877. The predicted molar refractivity (Wildman–Crippen MR) is 87.9 cm³/mol. The van der Waals surface area contributed by atoms with Crippen LogP contribution in [-0.4, -0.2) is 25.0 Å². The minimum atomic E-state index is 0.148. The lowest BCUT2D eigenvalue weighted by atomic mass is 9.98. The standard InChI is InChI=1S/C18H28N2O/c1-13(2)16-10-7-8-14(3)18(16)19-17(21)12-20-11-6-5-9-15(20)4/h7-8,10,13,15H,5-6,9,11-12H2,1-4H3,(H,19,21)/p+1/t15-/m0/s1. The van der Waals surface area contributed by atoms with E-state index in [2.05, 4.69) is 51.2 Å². The van der Waals surface area contributed by atoms with Crippen molar-refractivity contribution in [2.45, 2.75) is 58.9 Å². The number of rotatable bonds is 4. The minimum Gasteiger partial charge on any atom is -0.325 e. The van der Waals surface area contributed by atoms with E-state index in [0.29, 0.717) is 18.5 Å². The first kappa shape index (κ1) is 16.0. The molecule has 0 radical (unpaired) electrons. The molecular formula is C18H29N2O+. The van der Waals surface area contributed by atoms with Crippen LogP contribution in [0.5, 0.6) is 0 Å². The summed E-state index contributed by atoms with van der Waals surface area (Å²) in [5, 5.41) is 3.17. The number of hydrogen-bond donors (Lipinski definition) is 2. The third-order valence-electron chi connectivity index (χ3n) is 4.66. The molecule has 0 bridgehead atoms. The molecule has 1 unspecified atom stereocenters. The molecule has 1 aliphatic rings. The Labute approximate surface area is 128 Å². The van der Waals surface area contributed by atoms with Crippen molar-refractivity contribution in [2.75, 3.05) is 18.4 Å². The van der Waals surface area contributed by atoms with Crippen LogP contribution in [0.3, 0.4) is 0 Å². The SMILES string of the molecule is Cc1cccc(C(C)C)c1NC(=O)C[NH+]1CCCC[C@@H]1C. The number of amides is 1. The van der Waals surface area contributed by atoms with E-state index in [1.54, 1.807) is 0 Å². The van der Waals surface area contributed by atoms with E-state index < -0.39 is 0 Å². The molecule has 1 heterocycles. The maximum atomic E-state index is 12.4. The van der Waals surface area contributed by atoms with Gasteiger partial charge >= 0.3 is 0 Å². The van der Waals surface area contributed by atoms with Crippen molar-refractivity contribution in [1.82, 2.24) is 0 Å². The van der Waals surface area contributed by atoms with Gasteiger partial charge in [-0.25, -0.2) is 0 Å². The number of aryl methyl sites for hydroxylation is 1. The Hall–Kier alpha value is -1.35. The summed E-state index contributed by atoms with van der Waals surface area (Å²) in [6.45, 7) is 10.4. The number of carbonyl (C=O) groups is 1. The average Bonchev–Trinajstić information content (AvgIpc) is 2.43. The average molecular weight is 289 g/mol. The first-order valence-electron chi connectivity index (χ1n) is 8.23. The van der Waals surface area contributed by atoms with Crippen LogP contribution in [0.15, 0.2) is 18.2 Å². The summed E-state index contributed by atoms with van der Waals surface area (Å²) in [4.78, 5) is 13.9. The van der Waals surface area contributed by atoms with Crippen LogP contribution in [0.4, 0.5) is 5.69 Å². The smallest absolute Gasteiger partial charge is 0.279 e. The molecule has 1 aliphatic heterocycles. The topological polar surface area (TPSA) is 33.5 Å². The molecule has 1 amide bonds. The highest BCUT2D eigenvalue weighted by molar-refractivity contribution is 5.93. The summed E-state index contributed by atoms with van der Waals surface area (Å²) in [6, 6.07) is 6.85. The maximum absolute atomic E-state index is 12.4. The highest BCUT2D eigenvalue weighted by atomic mass is 16.2. The van der Waals surface area contributed by atoms with E-state index >= 15 is 0 Å². The molecule has 3 heteroatoms. The number of likely N-dealkylation sites (tertiary alicyclic amines) is 1. The third-order valence-corrected chi connectivity index (χ3v) is 4.66. The fourth-order valence-corrected chi connectivity index (χ4v) is 3.25. The zero-order valence-corrected chi connectivity index (χ0v) is 13.8. The summed E-state index contributed by atoms with van der Waals surface area (Å²) in [5.41, 5.74) is 3.39. The molecule has 2 N–H and O–H groups in total. The Morgan fingerprint density at radius 3 is 2.81 bits per heavy atom. The Kier molecular flexibility index (Phi) is 5.40. The normalized spacial score (nSPS) is 22.3. The van der Waals surface area contributed by atoms with Gasteiger partial charge in [0.2, 0.25) is 0 Å². The maximum Gasteiger partial charge on any atom is 0.279 e. The van der Waals surface area contributed by atoms with Gasteiger partial charge in [0.1, 0.15) is 0 Å². The van der Waals surface area contributed by atoms with E-state index in [9.17, 15) is 4.79 Å². The van der Waals surface area contributed by atoms with Gasteiger partial charge in [0.05, 0.1) is 12.6 Å². The first-order chi connectivity index (χ1) is 9.99. The second-order valence-corrected chi connectivity index (χ2v) is 6.72.